The summed E-state index contributed by atoms with van der Waals surface area (Å²) in [4.78, 5) is 20.0. The Bertz CT molecular complexity index is 1640. The van der Waals surface area contributed by atoms with E-state index in [2.05, 4.69) is 4.98 Å². The monoisotopic (exact) mass is 585 g/mol. The van der Waals surface area contributed by atoms with Gasteiger partial charge < -0.3 is 4.42 Å². The second kappa shape index (κ2) is 9.54. The van der Waals surface area contributed by atoms with Crippen molar-refractivity contribution < 1.29 is 26.0 Å². The number of carbonyl (C=O) groups is 1. The molecule has 4 heterocycles. The number of sulfone groups is 1. The number of anilines is 1. The lowest BCUT2D eigenvalue weighted by Crippen LogP contribution is -2.47. The van der Waals surface area contributed by atoms with Crippen LogP contribution in [0.2, 0.25) is 4.34 Å². The van der Waals surface area contributed by atoms with Crippen LogP contribution in [0.3, 0.4) is 0 Å². The molecular weight excluding hydrogens is 566 g/mol. The smallest absolute Gasteiger partial charge is 0.253 e. The van der Waals surface area contributed by atoms with Gasteiger partial charge in [-0.2, -0.15) is 4.31 Å². The Hall–Kier alpha value is -2.29. The van der Waals surface area contributed by atoms with E-state index in [0.717, 1.165) is 28.9 Å². The summed E-state index contributed by atoms with van der Waals surface area (Å²) in [5, 5.41) is 0.320. The highest BCUT2D eigenvalue weighted by molar-refractivity contribution is 7.91. The van der Waals surface area contributed by atoms with Crippen molar-refractivity contribution in [1.29, 1.82) is 0 Å². The van der Waals surface area contributed by atoms with Crippen LogP contribution in [0.25, 0.3) is 10.2 Å². The van der Waals surface area contributed by atoms with Crippen LogP contribution in [0.15, 0.2) is 62.2 Å². The van der Waals surface area contributed by atoms with Crippen molar-refractivity contribution in [3.05, 3.63) is 58.8 Å². The third-order valence-electron chi connectivity index (χ3n) is 5.77. The number of thiazole rings is 1. The number of benzene rings is 1. The molecule has 190 valence electrons. The van der Waals surface area contributed by atoms with Crippen LogP contribution in [-0.2, 0) is 31.2 Å². The molecule has 0 saturated carbocycles. The fourth-order valence-electron chi connectivity index (χ4n) is 4.04. The summed E-state index contributed by atoms with van der Waals surface area (Å²) >= 11 is 8.07. The molecular formula is C22H20ClN3O6S4. The molecule has 0 bridgehead atoms. The predicted octanol–water partition coefficient (Wildman–Crippen LogP) is 4.39. The molecule has 36 heavy (non-hydrogen) atoms. The molecule has 0 N–H and O–H groups in total. The van der Waals surface area contributed by atoms with E-state index in [1.165, 1.54) is 39.7 Å². The number of hydrogen-bond donors (Lipinski definition) is 0. The van der Waals surface area contributed by atoms with E-state index < -0.39 is 31.8 Å². The summed E-state index contributed by atoms with van der Waals surface area (Å²) in [5.41, 5.74) is 0.531. The number of amides is 1. The standard InChI is InChI=1S/C22H20ClN3O6S4/c1-35(28,29)15-6-7-16-18(12-15)33-22(24-16)25(13-14-4-3-11-32-14)21(27)17-5-2-10-26(17)36(30,31)20-9-8-19(23)34-20/h3-4,6-9,11-12,17H,2,5,10,13H2,1H3. The molecule has 9 nitrogen and oxygen atoms in total. The van der Waals surface area contributed by atoms with Gasteiger partial charge in [-0.3, -0.25) is 9.69 Å². The lowest BCUT2D eigenvalue weighted by molar-refractivity contribution is -0.121. The molecule has 0 radical (unpaired) electrons. The van der Waals surface area contributed by atoms with Crippen LogP contribution in [0.5, 0.6) is 0 Å². The number of rotatable bonds is 7. The molecule has 1 aliphatic heterocycles. The number of halogens is 1. The van der Waals surface area contributed by atoms with Crippen LogP contribution in [0, 0.1) is 0 Å². The second-order valence-electron chi connectivity index (χ2n) is 8.23. The molecule has 0 spiro atoms. The lowest BCUT2D eigenvalue weighted by Gasteiger charge is -2.27. The van der Waals surface area contributed by atoms with E-state index in [1.54, 1.807) is 18.2 Å². The maximum absolute atomic E-state index is 13.9. The Morgan fingerprint density at radius 2 is 2.00 bits per heavy atom. The molecule has 5 rings (SSSR count). The summed E-state index contributed by atoms with van der Waals surface area (Å²) < 4.78 is 58.4. The third-order valence-corrected chi connectivity index (χ3v) is 11.5. The maximum Gasteiger partial charge on any atom is 0.253 e. The first-order chi connectivity index (χ1) is 17.0. The van der Waals surface area contributed by atoms with Crippen molar-refractivity contribution in [1.82, 2.24) is 9.29 Å². The van der Waals surface area contributed by atoms with E-state index in [1.807, 2.05) is 0 Å². The molecule has 14 heteroatoms. The number of sulfonamides is 1. The fourth-order valence-corrected chi connectivity index (χ4v) is 9.04. The zero-order valence-electron chi connectivity index (χ0n) is 18.8. The molecule has 1 aromatic carbocycles. The largest absolute Gasteiger partial charge is 0.467 e. The van der Waals surface area contributed by atoms with Gasteiger partial charge in [0.05, 0.1) is 32.3 Å². The minimum absolute atomic E-state index is 0.0415. The van der Waals surface area contributed by atoms with Gasteiger partial charge in [0.25, 0.3) is 10.0 Å². The highest BCUT2D eigenvalue weighted by Gasteiger charge is 2.42. The molecule has 4 aromatic rings. The topological polar surface area (TPSA) is 118 Å². The van der Waals surface area contributed by atoms with Crippen LogP contribution >= 0.6 is 34.3 Å². The second-order valence-corrected chi connectivity index (χ2v) is 15.1. The molecule has 1 unspecified atom stereocenters. The SMILES string of the molecule is CS(=O)(=O)c1ccc2nc(N(Cc3ccco3)C(=O)C3CCCN3S(=O)(=O)c3ccc(Cl)s3)sc2c1. The molecule has 1 saturated heterocycles. The highest BCUT2D eigenvalue weighted by atomic mass is 35.5. The number of fused-ring (bicyclic) bond motifs is 1. The van der Waals surface area contributed by atoms with Crippen LogP contribution < -0.4 is 4.90 Å². The molecule has 1 aliphatic rings. The Morgan fingerprint density at radius 3 is 2.67 bits per heavy atom. The predicted molar refractivity (Wildman–Crippen MR) is 139 cm³/mol. The van der Waals surface area contributed by atoms with E-state index >= 15 is 0 Å². The summed E-state index contributed by atoms with van der Waals surface area (Å²) in [6.45, 7) is 0.250. The van der Waals surface area contributed by atoms with Crippen LogP contribution in [-0.4, -0.2) is 50.9 Å². The number of nitrogens with zero attached hydrogens (tertiary/aromatic N) is 3. The first-order valence-electron chi connectivity index (χ1n) is 10.8. The van der Waals surface area contributed by atoms with Gasteiger partial charge in [-0.05, 0) is 55.3 Å². The fraction of sp³-hybridized carbons (Fsp3) is 0.273. The number of aromatic nitrogens is 1. The van der Waals surface area contributed by atoms with Gasteiger partial charge in [0.15, 0.2) is 15.0 Å². The summed E-state index contributed by atoms with van der Waals surface area (Å²) in [6, 6.07) is 10.0. The van der Waals surface area contributed by atoms with Gasteiger partial charge in [-0.1, -0.05) is 22.9 Å². The molecule has 0 aliphatic carbocycles. The lowest BCUT2D eigenvalue weighted by atomic mass is 10.2. The Kier molecular flexibility index (Phi) is 6.72. The van der Waals surface area contributed by atoms with Gasteiger partial charge in [0.2, 0.25) is 5.91 Å². The first-order valence-corrected chi connectivity index (χ1v) is 16.1. The van der Waals surface area contributed by atoms with Crippen molar-refractivity contribution in [2.45, 2.75) is 34.5 Å². The first kappa shape index (κ1) is 25.4. The highest BCUT2D eigenvalue weighted by Crippen LogP contribution is 2.36. The van der Waals surface area contributed by atoms with Crippen LogP contribution in [0.4, 0.5) is 5.13 Å². The van der Waals surface area contributed by atoms with Crippen molar-refractivity contribution in [2.75, 3.05) is 17.7 Å². The van der Waals surface area contributed by atoms with Gasteiger partial charge in [-0.15, -0.1) is 11.3 Å². The summed E-state index contributed by atoms with van der Waals surface area (Å²) in [5.74, 6) is 0.0643. The minimum Gasteiger partial charge on any atom is -0.467 e. The maximum atomic E-state index is 13.9. The average molecular weight is 586 g/mol. The molecule has 1 atom stereocenters. The Balaban J connectivity index is 1.53. The normalized spacial score (nSPS) is 17.1. The molecule has 1 fully saturated rings. The van der Waals surface area contributed by atoms with E-state index in [0.29, 0.717) is 38.3 Å². The van der Waals surface area contributed by atoms with Crippen molar-refractivity contribution >= 4 is 75.4 Å². The molecule has 3 aromatic heterocycles. The Morgan fingerprint density at radius 1 is 1.19 bits per heavy atom. The van der Waals surface area contributed by atoms with E-state index in [-0.39, 0.29) is 22.2 Å². The summed E-state index contributed by atoms with van der Waals surface area (Å²) in [7, 11) is -7.35. The van der Waals surface area contributed by atoms with Crippen molar-refractivity contribution in [2.24, 2.45) is 0 Å². The van der Waals surface area contributed by atoms with Gasteiger partial charge in [0.1, 0.15) is 16.0 Å². The zero-order valence-corrected chi connectivity index (χ0v) is 22.8. The number of furan rings is 1. The van der Waals surface area contributed by atoms with Gasteiger partial charge in [-0.25, -0.2) is 21.8 Å². The average Bonchev–Trinajstić information content (AvgIpc) is 3.62. The Labute approximate surface area is 220 Å². The zero-order chi connectivity index (χ0) is 25.7. The van der Waals surface area contributed by atoms with E-state index in [9.17, 15) is 21.6 Å². The molecule has 1 amide bonds. The van der Waals surface area contributed by atoms with E-state index in [4.69, 9.17) is 16.0 Å². The van der Waals surface area contributed by atoms with Gasteiger partial charge in [0, 0.05) is 12.8 Å². The van der Waals surface area contributed by atoms with Gasteiger partial charge >= 0.3 is 0 Å². The third kappa shape index (κ3) is 4.83. The summed E-state index contributed by atoms with van der Waals surface area (Å²) in [6.07, 6.45) is 3.50. The number of hydrogen-bond acceptors (Lipinski definition) is 9. The van der Waals surface area contributed by atoms with Crippen molar-refractivity contribution in [3.63, 3.8) is 0 Å². The van der Waals surface area contributed by atoms with Crippen LogP contribution in [0.1, 0.15) is 18.6 Å². The van der Waals surface area contributed by atoms with Crippen molar-refractivity contribution in [3.8, 4) is 0 Å². The quantitative estimate of drug-likeness (QED) is 0.315. The minimum atomic E-state index is -3.92. The number of carbonyl (C=O) groups excluding carboxylic acids is 1. The number of thiophene rings is 1.